The van der Waals surface area contributed by atoms with Gasteiger partial charge in [0.2, 0.25) is 0 Å². The van der Waals surface area contributed by atoms with E-state index in [2.05, 4.69) is 5.32 Å². The van der Waals surface area contributed by atoms with Gasteiger partial charge >= 0.3 is 5.97 Å². The monoisotopic (exact) mass is 285 g/mol. The molecule has 0 aromatic heterocycles. The van der Waals surface area contributed by atoms with E-state index in [1.54, 1.807) is 14.0 Å². The highest BCUT2D eigenvalue weighted by Crippen LogP contribution is 2.23. The third-order valence-electron chi connectivity index (χ3n) is 3.06. The molecule has 0 aliphatic carbocycles. The Morgan fingerprint density at radius 1 is 1.10 bits per heavy atom. The van der Waals surface area contributed by atoms with Crippen molar-refractivity contribution in [3.05, 3.63) is 60.2 Å². The van der Waals surface area contributed by atoms with Crippen LogP contribution in [0.4, 0.5) is 5.69 Å². The SMILES string of the molecule is CCOC(=O)C(Nc1ccc(OC)cc1)c1ccccc1. The summed E-state index contributed by atoms with van der Waals surface area (Å²) in [6.45, 7) is 2.15. The van der Waals surface area contributed by atoms with E-state index in [4.69, 9.17) is 9.47 Å². The van der Waals surface area contributed by atoms with Crippen molar-refractivity contribution in [2.45, 2.75) is 13.0 Å². The Bertz CT molecular complexity index is 566. The van der Waals surface area contributed by atoms with E-state index in [9.17, 15) is 4.79 Å². The molecule has 0 saturated carbocycles. The molecule has 0 aliphatic heterocycles. The summed E-state index contributed by atoms with van der Waals surface area (Å²) in [4.78, 5) is 12.2. The quantitative estimate of drug-likeness (QED) is 0.826. The molecule has 2 aromatic carbocycles. The van der Waals surface area contributed by atoms with Gasteiger partial charge in [-0.1, -0.05) is 30.3 Å². The van der Waals surface area contributed by atoms with Gasteiger partial charge in [-0.15, -0.1) is 0 Å². The van der Waals surface area contributed by atoms with Crippen molar-refractivity contribution in [2.24, 2.45) is 0 Å². The number of rotatable bonds is 6. The molecule has 2 aromatic rings. The fraction of sp³-hybridized carbons (Fsp3) is 0.235. The van der Waals surface area contributed by atoms with E-state index < -0.39 is 6.04 Å². The lowest BCUT2D eigenvalue weighted by molar-refractivity contribution is -0.144. The number of carbonyl (C=O) groups is 1. The Labute approximate surface area is 124 Å². The molecule has 0 heterocycles. The van der Waals surface area contributed by atoms with Crippen LogP contribution in [0, 0.1) is 0 Å². The maximum atomic E-state index is 12.2. The second kappa shape index (κ2) is 7.33. The maximum Gasteiger partial charge on any atom is 0.333 e. The molecule has 21 heavy (non-hydrogen) atoms. The highest BCUT2D eigenvalue weighted by atomic mass is 16.5. The first kappa shape index (κ1) is 14.9. The largest absolute Gasteiger partial charge is 0.497 e. The minimum Gasteiger partial charge on any atom is -0.497 e. The molecule has 0 aliphatic rings. The van der Waals surface area contributed by atoms with Crippen molar-refractivity contribution in [2.75, 3.05) is 19.0 Å². The molecule has 1 N–H and O–H groups in total. The molecule has 2 rings (SSSR count). The number of nitrogens with one attached hydrogen (secondary N) is 1. The average molecular weight is 285 g/mol. The Balaban J connectivity index is 2.21. The van der Waals surface area contributed by atoms with Gasteiger partial charge in [-0.05, 0) is 36.8 Å². The fourth-order valence-electron chi connectivity index (χ4n) is 2.00. The van der Waals surface area contributed by atoms with Crippen molar-refractivity contribution in [3.63, 3.8) is 0 Å². The van der Waals surface area contributed by atoms with Crippen LogP contribution in [0.3, 0.4) is 0 Å². The summed E-state index contributed by atoms with van der Waals surface area (Å²) < 4.78 is 10.3. The molecule has 0 bridgehead atoms. The van der Waals surface area contributed by atoms with Gasteiger partial charge in [-0.25, -0.2) is 4.79 Å². The number of hydrogen-bond donors (Lipinski definition) is 1. The van der Waals surface area contributed by atoms with E-state index in [0.717, 1.165) is 17.0 Å². The first-order valence-corrected chi connectivity index (χ1v) is 6.86. The van der Waals surface area contributed by atoms with E-state index in [-0.39, 0.29) is 5.97 Å². The van der Waals surface area contributed by atoms with Crippen LogP contribution in [0.15, 0.2) is 54.6 Å². The summed E-state index contributed by atoms with van der Waals surface area (Å²) in [5.74, 6) is 0.479. The lowest BCUT2D eigenvalue weighted by atomic mass is 10.1. The first-order chi connectivity index (χ1) is 10.2. The van der Waals surface area contributed by atoms with Crippen LogP contribution in [0.2, 0.25) is 0 Å². The van der Waals surface area contributed by atoms with Crippen molar-refractivity contribution in [3.8, 4) is 5.75 Å². The standard InChI is InChI=1S/C17H19NO3/c1-3-21-17(19)16(13-7-5-4-6-8-13)18-14-9-11-15(20-2)12-10-14/h4-12,16,18H,3H2,1-2H3. The molecule has 0 amide bonds. The Morgan fingerprint density at radius 3 is 2.33 bits per heavy atom. The van der Waals surface area contributed by atoms with Crippen LogP contribution in [0.1, 0.15) is 18.5 Å². The predicted molar refractivity (Wildman–Crippen MR) is 82.4 cm³/mol. The third-order valence-corrected chi connectivity index (χ3v) is 3.06. The molecule has 0 saturated heterocycles. The molecule has 0 radical (unpaired) electrons. The van der Waals surface area contributed by atoms with E-state index in [1.807, 2.05) is 54.6 Å². The molecule has 110 valence electrons. The van der Waals surface area contributed by atoms with Crippen molar-refractivity contribution in [1.82, 2.24) is 0 Å². The van der Waals surface area contributed by atoms with Gasteiger partial charge in [-0.2, -0.15) is 0 Å². The van der Waals surface area contributed by atoms with Gasteiger partial charge in [0.1, 0.15) is 5.75 Å². The number of hydrogen-bond acceptors (Lipinski definition) is 4. The number of methoxy groups -OCH3 is 1. The number of esters is 1. The first-order valence-electron chi connectivity index (χ1n) is 6.86. The topological polar surface area (TPSA) is 47.6 Å². The highest BCUT2D eigenvalue weighted by Gasteiger charge is 2.21. The molecule has 1 atom stereocenters. The maximum absolute atomic E-state index is 12.2. The second-order valence-electron chi connectivity index (χ2n) is 4.47. The van der Waals surface area contributed by atoms with Gasteiger partial charge in [0.25, 0.3) is 0 Å². The van der Waals surface area contributed by atoms with Crippen LogP contribution in [0.5, 0.6) is 5.75 Å². The summed E-state index contributed by atoms with van der Waals surface area (Å²) in [5, 5.41) is 3.20. The number of ether oxygens (including phenoxy) is 2. The molecule has 0 fully saturated rings. The highest BCUT2D eigenvalue weighted by molar-refractivity contribution is 5.81. The van der Waals surface area contributed by atoms with Crippen LogP contribution in [-0.2, 0) is 9.53 Å². The third kappa shape index (κ3) is 3.99. The zero-order valence-electron chi connectivity index (χ0n) is 12.2. The summed E-state index contributed by atoms with van der Waals surface area (Å²) in [5.41, 5.74) is 1.70. The lowest BCUT2D eigenvalue weighted by Crippen LogP contribution is -2.23. The Hall–Kier alpha value is -2.49. The summed E-state index contributed by atoms with van der Waals surface area (Å²) in [6.07, 6.45) is 0. The normalized spacial score (nSPS) is 11.5. The molecule has 4 nitrogen and oxygen atoms in total. The van der Waals surface area contributed by atoms with Gasteiger partial charge in [-0.3, -0.25) is 0 Å². The van der Waals surface area contributed by atoms with Gasteiger partial charge in [0.15, 0.2) is 6.04 Å². The summed E-state index contributed by atoms with van der Waals surface area (Å²) in [7, 11) is 1.62. The minimum absolute atomic E-state index is 0.292. The van der Waals surface area contributed by atoms with Gasteiger partial charge in [0, 0.05) is 5.69 Å². The smallest absolute Gasteiger partial charge is 0.333 e. The molecule has 4 heteroatoms. The van der Waals surface area contributed by atoms with Crippen LogP contribution >= 0.6 is 0 Å². The van der Waals surface area contributed by atoms with E-state index in [0.29, 0.717) is 6.61 Å². The molecule has 1 unspecified atom stereocenters. The molecular weight excluding hydrogens is 266 g/mol. The summed E-state index contributed by atoms with van der Waals surface area (Å²) in [6, 6.07) is 16.4. The molecule has 0 spiro atoms. The lowest BCUT2D eigenvalue weighted by Gasteiger charge is -2.19. The Morgan fingerprint density at radius 2 is 1.76 bits per heavy atom. The number of carbonyl (C=O) groups excluding carboxylic acids is 1. The average Bonchev–Trinajstić information content (AvgIpc) is 2.54. The van der Waals surface area contributed by atoms with Crippen molar-refractivity contribution >= 4 is 11.7 Å². The zero-order chi connectivity index (χ0) is 15.1. The van der Waals surface area contributed by atoms with Crippen LogP contribution in [-0.4, -0.2) is 19.7 Å². The van der Waals surface area contributed by atoms with Gasteiger partial charge < -0.3 is 14.8 Å². The van der Waals surface area contributed by atoms with Crippen molar-refractivity contribution in [1.29, 1.82) is 0 Å². The Kier molecular flexibility index (Phi) is 5.21. The minimum atomic E-state index is -0.528. The van der Waals surface area contributed by atoms with Gasteiger partial charge in [0.05, 0.1) is 13.7 Å². The van der Waals surface area contributed by atoms with Crippen molar-refractivity contribution < 1.29 is 14.3 Å². The predicted octanol–water partition coefficient (Wildman–Crippen LogP) is 3.41. The van der Waals surface area contributed by atoms with Crippen LogP contribution in [0.25, 0.3) is 0 Å². The summed E-state index contributed by atoms with van der Waals surface area (Å²) >= 11 is 0. The zero-order valence-corrected chi connectivity index (χ0v) is 12.2. The van der Waals surface area contributed by atoms with E-state index >= 15 is 0 Å². The number of benzene rings is 2. The fourth-order valence-corrected chi connectivity index (χ4v) is 2.00. The number of anilines is 1. The molecular formula is C17H19NO3. The second-order valence-corrected chi connectivity index (χ2v) is 4.47. The van der Waals surface area contributed by atoms with E-state index in [1.165, 1.54) is 0 Å². The van der Waals surface area contributed by atoms with Crippen LogP contribution < -0.4 is 10.1 Å².